The highest BCUT2D eigenvalue weighted by Crippen LogP contribution is 2.41. The maximum atomic E-state index is 13.2. The molecule has 0 atom stereocenters. The van der Waals surface area contributed by atoms with E-state index in [2.05, 4.69) is 29.1 Å². The number of aromatic amines is 1. The predicted octanol–water partition coefficient (Wildman–Crippen LogP) is 6.41. The van der Waals surface area contributed by atoms with Gasteiger partial charge in [-0.2, -0.15) is 0 Å². The molecule has 1 amide bonds. The van der Waals surface area contributed by atoms with Crippen molar-refractivity contribution in [1.82, 2.24) is 19.8 Å². The van der Waals surface area contributed by atoms with Crippen LogP contribution in [0.3, 0.4) is 0 Å². The number of sulfone groups is 1. The van der Waals surface area contributed by atoms with Gasteiger partial charge >= 0.3 is 0 Å². The van der Waals surface area contributed by atoms with E-state index >= 15 is 0 Å². The summed E-state index contributed by atoms with van der Waals surface area (Å²) >= 11 is 0. The molecule has 4 aromatic carbocycles. The number of piperazine rings is 1. The summed E-state index contributed by atoms with van der Waals surface area (Å²) in [6.07, 6.45) is 1.87. The van der Waals surface area contributed by atoms with Gasteiger partial charge < -0.3 is 14.8 Å². The van der Waals surface area contributed by atoms with Crippen LogP contribution in [0.25, 0.3) is 44.2 Å². The van der Waals surface area contributed by atoms with Gasteiger partial charge in [-0.1, -0.05) is 66.7 Å². The van der Waals surface area contributed by atoms with Crippen LogP contribution in [-0.2, 0) is 15.6 Å². The average molecular weight is 601 g/mol. The van der Waals surface area contributed by atoms with Crippen molar-refractivity contribution < 1.29 is 13.2 Å². The number of nitrogens with one attached hydrogen (secondary N) is 1. The molecule has 7 nitrogen and oxygen atoms in total. The number of rotatable bonds is 6. The zero-order valence-electron chi connectivity index (χ0n) is 24.4. The molecule has 7 rings (SSSR count). The van der Waals surface area contributed by atoms with E-state index in [0.717, 1.165) is 70.4 Å². The molecule has 1 fully saturated rings. The Balaban J connectivity index is 1.33. The molecule has 0 unspecified atom stereocenters. The predicted molar refractivity (Wildman–Crippen MR) is 175 cm³/mol. The molecule has 8 heteroatoms. The first-order valence-electron chi connectivity index (χ1n) is 14.7. The lowest BCUT2D eigenvalue weighted by Gasteiger charge is -2.32. The minimum Gasteiger partial charge on any atom is -0.339 e. The number of nitrogens with zero attached hydrogens (tertiary/aromatic N) is 3. The highest BCUT2D eigenvalue weighted by Gasteiger charge is 2.22. The summed E-state index contributed by atoms with van der Waals surface area (Å²) < 4.78 is 26.4. The Morgan fingerprint density at radius 1 is 0.818 bits per heavy atom. The number of carbonyl (C=O) groups excluding carboxylic acids is 1. The summed E-state index contributed by atoms with van der Waals surface area (Å²) in [4.78, 5) is 25.9. The first kappa shape index (κ1) is 28.0. The summed E-state index contributed by atoms with van der Waals surface area (Å²) in [5.41, 5.74) is 6.90. The molecule has 1 saturated heterocycles. The van der Waals surface area contributed by atoms with Crippen molar-refractivity contribution in [1.29, 1.82) is 0 Å². The van der Waals surface area contributed by atoms with Crippen LogP contribution < -0.4 is 0 Å². The van der Waals surface area contributed by atoms with E-state index in [4.69, 9.17) is 4.98 Å². The summed E-state index contributed by atoms with van der Waals surface area (Å²) in [6.45, 7) is 3.21. The lowest BCUT2D eigenvalue weighted by molar-refractivity contribution is 0.0664. The Hall–Kier alpha value is -4.79. The average Bonchev–Trinajstić information content (AvgIpc) is 3.43. The molecule has 0 radical (unpaired) electrons. The molecule has 1 aliphatic heterocycles. The third-order valence-electron chi connectivity index (χ3n) is 8.44. The third kappa shape index (κ3) is 5.27. The van der Waals surface area contributed by atoms with E-state index in [1.165, 1.54) is 0 Å². The van der Waals surface area contributed by atoms with Gasteiger partial charge in [-0.05, 0) is 60.1 Å². The number of amides is 1. The lowest BCUT2D eigenvalue weighted by Crippen LogP contribution is -2.47. The molecule has 0 bridgehead atoms. The number of H-pyrrole nitrogens is 1. The number of benzene rings is 4. The monoisotopic (exact) mass is 600 g/mol. The van der Waals surface area contributed by atoms with Crippen molar-refractivity contribution in [3.63, 3.8) is 0 Å². The van der Waals surface area contributed by atoms with Gasteiger partial charge in [0.15, 0.2) is 9.84 Å². The standard InChI is InChI=1S/C36H32N4O3S/c1-39-18-20-40(21-19-39)36(41)28-15-13-26(14-16-28)31-23-37-35-34(33(31)27-8-4-2-5-9-27)30-22-25(12-17-32(30)38-35)24-44(42,43)29-10-6-3-7-11-29/h2-17,22-23H,18-21,24H2,1H3,(H,37,38). The Morgan fingerprint density at radius 3 is 2.20 bits per heavy atom. The maximum Gasteiger partial charge on any atom is 0.253 e. The van der Waals surface area contributed by atoms with Gasteiger partial charge in [0.05, 0.1) is 10.6 Å². The number of aromatic nitrogens is 2. The molecule has 0 spiro atoms. The number of carbonyl (C=O) groups is 1. The number of hydrogen-bond donors (Lipinski definition) is 1. The molecule has 220 valence electrons. The second-order valence-electron chi connectivity index (χ2n) is 11.4. The summed E-state index contributed by atoms with van der Waals surface area (Å²) in [6, 6.07) is 32.2. The summed E-state index contributed by atoms with van der Waals surface area (Å²) in [7, 11) is -1.44. The zero-order chi connectivity index (χ0) is 30.3. The van der Waals surface area contributed by atoms with Crippen LogP contribution in [0.2, 0.25) is 0 Å². The van der Waals surface area contributed by atoms with Crippen molar-refractivity contribution in [2.45, 2.75) is 10.6 Å². The van der Waals surface area contributed by atoms with Crippen LogP contribution in [0.4, 0.5) is 0 Å². The normalized spacial score (nSPS) is 14.3. The van der Waals surface area contributed by atoms with Crippen LogP contribution >= 0.6 is 0 Å². The van der Waals surface area contributed by atoms with Crippen LogP contribution in [0.1, 0.15) is 15.9 Å². The Morgan fingerprint density at radius 2 is 1.50 bits per heavy atom. The molecular formula is C36H32N4O3S. The summed E-state index contributed by atoms with van der Waals surface area (Å²) in [5, 5.41) is 1.84. The van der Waals surface area contributed by atoms with E-state index in [1.807, 2.05) is 77.8 Å². The summed E-state index contributed by atoms with van der Waals surface area (Å²) in [5.74, 6) is -0.0490. The number of pyridine rings is 1. The molecule has 2 aromatic heterocycles. The molecule has 3 heterocycles. The van der Waals surface area contributed by atoms with Crippen LogP contribution in [0.15, 0.2) is 114 Å². The van der Waals surface area contributed by atoms with Gasteiger partial charge in [-0.15, -0.1) is 0 Å². The number of likely N-dealkylation sites (N-methyl/N-ethyl adjacent to an activating group) is 1. The highest BCUT2D eigenvalue weighted by atomic mass is 32.2. The van der Waals surface area contributed by atoms with Gasteiger partial charge in [0.1, 0.15) is 5.65 Å². The van der Waals surface area contributed by atoms with E-state index < -0.39 is 9.84 Å². The van der Waals surface area contributed by atoms with Crippen LogP contribution in [0.5, 0.6) is 0 Å². The number of hydrogen-bond acceptors (Lipinski definition) is 5. The van der Waals surface area contributed by atoms with E-state index in [9.17, 15) is 13.2 Å². The smallest absolute Gasteiger partial charge is 0.253 e. The van der Waals surface area contributed by atoms with Crippen molar-refractivity contribution in [2.24, 2.45) is 0 Å². The number of fused-ring (bicyclic) bond motifs is 3. The van der Waals surface area contributed by atoms with E-state index in [-0.39, 0.29) is 11.7 Å². The van der Waals surface area contributed by atoms with E-state index in [0.29, 0.717) is 16.0 Å². The second kappa shape index (κ2) is 11.4. The van der Waals surface area contributed by atoms with Crippen LogP contribution in [-0.4, -0.2) is 67.3 Å². The first-order chi connectivity index (χ1) is 21.4. The minimum absolute atomic E-state index is 0.0520. The molecule has 0 saturated carbocycles. The zero-order valence-corrected chi connectivity index (χ0v) is 25.2. The molecule has 0 aliphatic carbocycles. The fourth-order valence-corrected chi connectivity index (χ4v) is 7.39. The Kier molecular flexibility index (Phi) is 7.24. The highest BCUT2D eigenvalue weighted by molar-refractivity contribution is 7.90. The van der Waals surface area contributed by atoms with Gasteiger partial charge in [-0.25, -0.2) is 13.4 Å². The van der Waals surface area contributed by atoms with Gasteiger partial charge in [-0.3, -0.25) is 4.79 Å². The van der Waals surface area contributed by atoms with Crippen molar-refractivity contribution in [3.05, 3.63) is 120 Å². The molecule has 44 heavy (non-hydrogen) atoms. The quantitative estimate of drug-likeness (QED) is 0.239. The topological polar surface area (TPSA) is 86.4 Å². The second-order valence-corrected chi connectivity index (χ2v) is 13.4. The van der Waals surface area contributed by atoms with Gasteiger partial charge in [0.2, 0.25) is 0 Å². The molecule has 1 aliphatic rings. The fourth-order valence-electron chi connectivity index (χ4n) is 6.03. The Labute approximate surface area is 256 Å². The molecule has 1 N–H and O–H groups in total. The first-order valence-corrected chi connectivity index (χ1v) is 16.4. The van der Waals surface area contributed by atoms with Crippen molar-refractivity contribution in [3.8, 4) is 22.3 Å². The van der Waals surface area contributed by atoms with E-state index in [1.54, 1.807) is 24.3 Å². The van der Waals surface area contributed by atoms with Gasteiger partial charge in [0, 0.05) is 65.4 Å². The fraction of sp³-hybridized carbons (Fsp3) is 0.167. The van der Waals surface area contributed by atoms with Gasteiger partial charge in [0.25, 0.3) is 5.91 Å². The maximum absolute atomic E-state index is 13.2. The Bertz CT molecular complexity index is 2080. The SMILES string of the molecule is CN1CCN(C(=O)c2ccc(-c3cnc4[nH]c5ccc(CS(=O)(=O)c6ccccc6)cc5c4c3-c3ccccc3)cc2)CC1. The molecular weight excluding hydrogens is 568 g/mol. The lowest BCUT2D eigenvalue weighted by atomic mass is 9.92. The molecule has 6 aromatic rings. The van der Waals surface area contributed by atoms with Crippen molar-refractivity contribution >= 4 is 37.7 Å². The van der Waals surface area contributed by atoms with Crippen molar-refractivity contribution in [2.75, 3.05) is 33.2 Å². The largest absolute Gasteiger partial charge is 0.339 e. The third-order valence-corrected chi connectivity index (χ3v) is 10.1. The minimum atomic E-state index is -3.51. The van der Waals surface area contributed by atoms with Crippen LogP contribution in [0, 0.1) is 0 Å².